The molecule has 0 amide bonds. The van der Waals surface area contributed by atoms with Gasteiger partial charge in [-0.1, -0.05) is 35.0 Å². The van der Waals surface area contributed by atoms with Crippen LogP contribution in [0.4, 0.5) is 4.39 Å². The van der Waals surface area contributed by atoms with Gasteiger partial charge in [-0.05, 0) is 31.2 Å². The van der Waals surface area contributed by atoms with Crippen LogP contribution in [0.3, 0.4) is 0 Å². The van der Waals surface area contributed by atoms with E-state index < -0.39 is 15.8 Å². The number of aromatic nitrogens is 2. The van der Waals surface area contributed by atoms with Gasteiger partial charge in [0, 0.05) is 18.5 Å². The lowest BCUT2D eigenvalue weighted by molar-refractivity contribution is 0.379. The molecule has 0 bridgehead atoms. The van der Waals surface area contributed by atoms with E-state index in [9.17, 15) is 12.8 Å². The molecule has 2 aromatic carbocycles. The molecule has 0 aliphatic carbocycles. The fourth-order valence-electron chi connectivity index (χ4n) is 2.17. The van der Waals surface area contributed by atoms with Crippen LogP contribution in [0.2, 0.25) is 0 Å². The molecule has 3 aromatic rings. The number of nitrogens with zero attached hydrogens (tertiary/aromatic N) is 2. The van der Waals surface area contributed by atoms with Gasteiger partial charge >= 0.3 is 0 Å². The number of benzene rings is 2. The van der Waals surface area contributed by atoms with E-state index in [0.29, 0.717) is 11.7 Å². The van der Waals surface area contributed by atoms with Crippen LogP contribution in [0, 0.1) is 12.7 Å². The van der Waals surface area contributed by atoms with E-state index in [4.69, 9.17) is 4.52 Å². The van der Waals surface area contributed by atoms with E-state index >= 15 is 0 Å². The standard InChI is InChI=1S/C17H16FN3O3S/c1-12-2-4-13(5-3-12)17-20-16(24-21-17)10-11-19-25(22,23)15-8-6-14(18)7-9-15/h2-9,19H,10-11H2,1H3. The topological polar surface area (TPSA) is 85.1 Å². The van der Waals surface area contributed by atoms with Crippen LogP contribution in [-0.4, -0.2) is 25.1 Å². The highest BCUT2D eigenvalue weighted by atomic mass is 32.2. The number of hydrogen-bond donors (Lipinski definition) is 1. The van der Waals surface area contributed by atoms with Crippen molar-refractivity contribution in [3.8, 4) is 11.4 Å². The zero-order valence-corrected chi connectivity index (χ0v) is 14.3. The molecule has 0 saturated heterocycles. The third-order valence-corrected chi connectivity index (χ3v) is 5.01. The first kappa shape index (κ1) is 17.2. The Morgan fingerprint density at radius 2 is 1.76 bits per heavy atom. The second kappa shape index (κ2) is 7.12. The molecule has 6 nitrogen and oxygen atoms in total. The highest BCUT2D eigenvalue weighted by Crippen LogP contribution is 2.16. The lowest BCUT2D eigenvalue weighted by atomic mass is 10.1. The maximum absolute atomic E-state index is 12.9. The predicted molar refractivity (Wildman–Crippen MR) is 89.8 cm³/mol. The first-order valence-electron chi connectivity index (χ1n) is 7.59. The summed E-state index contributed by atoms with van der Waals surface area (Å²) in [4.78, 5) is 4.25. The van der Waals surface area contributed by atoms with Crippen LogP contribution in [0.1, 0.15) is 11.5 Å². The van der Waals surface area contributed by atoms with E-state index in [-0.39, 0.29) is 17.9 Å². The maximum Gasteiger partial charge on any atom is 0.240 e. The Balaban J connectivity index is 1.61. The van der Waals surface area contributed by atoms with E-state index in [2.05, 4.69) is 14.9 Å². The summed E-state index contributed by atoms with van der Waals surface area (Å²) in [5.74, 6) is 0.294. The largest absolute Gasteiger partial charge is 0.339 e. The predicted octanol–water partition coefficient (Wildman–Crippen LogP) is 2.71. The van der Waals surface area contributed by atoms with E-state index in [1.807, 2.05) is 31.2 Å². The molecule has 0 fully saturated rings. The lowest BCUT2D eigenvalue weighted by Crippen LogP contribution is -2.26. The molecule has 8 heteroatoms. The SMILES string of the molecule is Cc1ccc(-c2noc(CCNS(=O)(=O)c3ccc(F)cc3)n2)cc1. The Morgan fingerprint density at radius 3 is 2.44 bits per heavy atom. The normalized spacial score (nSPS) is 11.6. The van der Waals surface area contributed by atoms with Crippen molar-refractivity contribution in [2.45, 2.75) is 18.2 Å². The smallest absolute Gasteiger partial charge is 0.240 e. The number of hydrogen-bond acceptors (Lipinski definition) is 5. The summed E-state index contributed by atoms with van der Waals surface area (Å²) in [5, 5.41) is 3.89. The third kappa shape index (κ3) is 4.28. The molecule has 130 valence electrons. The Morgan fingerprint density at radius 1 is 1.08 bits per heavy atom. The second-order valence-corrected chi connectivity index (χ2v) is 7.25. The Hall–Kier alpha value is -2.58. The number of nitrogens with one attached hydrogen (secondary N) is 1. The van der Waals surface area contributed by atoms with E-state index in [1.165, 1.54) is 12.1 Å². The molecule has 1 aromatic heterocycles. The Bertz CT molecular complexity index is 952. The molecule has 1 N–H and O–H groups in total. The quantitative estimate of drug-likeness (QED) is 0.730. The van der Waals surface area contributed by atoms with Crippen molar-refractivity contribution in [2.24, 2.45) is 0 Å². The number of sulfonamides is 1. The summed E-state index contributed by atoms with van der Waals surface area (Å²) < 4.78 is 44.6. The third-order valence-electron chi connectivity index (χ3n) is 3.53. The van der Waals surface area contributed by atoms with Gasteiger partial charge in [0.1, 0.15) is 5.82 Å². The molecule has 0 radical (unpaired) electrons. The highest BCUT2D eigenvalue weighted by Gasteiger charge is 2.15. The summed E-state index contributed by atoms with van der Waals surface area (Å²) in [6.45, 7) is 2.08. The van der Waals surface area contributed by atoms with Crippen LogP contribution >= 0.6 is 0 Å². The van der Waals surface area contributed by atoms with Crippen LogP contribution < -0.4 is 4.72 Å². The first-order valence-corrected chi connectivity index (χ1v) is 9.07. The minimum atomic E-state index is -3.70. The molecule has 0 saturated carbocycles. The molecular formula is C17H16FN3O3S. The average molecular weight is 361 g/mol. The molecule has 0 atom stereocenters. The number of rotatable bonds is 6. The minimum absolute atomic E-state index is 0.000210. The molecule has 0 spiro atoms. The van der Waals surface area contributed by atoms with Gasteiger partial charge < -0.3 is 4.52 Å². The minimum Gasteiger partial charge on any atom is -0.339 e. The van der Waals surface area contributed by atoms with Gasteiger partial charge in [0.25, 0.3) is 0 Å². The Labute approximate surface area is 144 Å². The average Bonchev–Trinajstić information content (AvgIpc) is 3.04. The van der Waals surface area contributed by atoms with Gasteiger partial charge in [-0.2, -0.15) is 4.98 Å². The summed E-state index contributed by atoms with van der Waals surface area (Å²) in [6, 6.07) is 12.3. The zero-order valence-electron chi connectivity index (χ0n) is 13.4. The van der Waals surface area contributed by atoms with Crippen molar-refractivity contribution >= 4 is 10.0 Å². The fourth-order valence-corrected chi connectivity index (χ4v) is 3.20. The van der Waals surface area contributed by atoms with Crippen LogP contribution in [0.25, 0.3) is 11.4 Å². The lowest BCUT2D eigenvalue weighted by Gasteiger charge is -2.05. The fraction of sp³-hybridized carbons (Fsp3) is 0.176. The Kier molecular flexibility index (Phi) is 4.91. The van der Waals surface area contributed by atoms with Crippen molar-refractivity contribution in [3.05, 3.63) is 65.8 Å². The van der Waals surface area contributed by atoms with Crippen molar-refractivity contribution in [1.82, 2.24) is 14.9 Å². The summed E-state index contributed by atoms with van der Waals surface area (Å²) in [7, 11) is -3.70. The van der Waals surface area contributed by atoms with Gasteiger partial charge in [0.15, 0.2) is 0 Å². The first-order chi connectivity index (χ1) is 11.9. The molecule has 0 unspecified atom stereocenters. The van der Waals surface area contributed by atoms with E-state index in [1.54, 1.807) is 0 Å². The molecule has 25 heavy (non-hydrogen) atoms. The second-order valence-electron chi connectivity index (χ2n) is 5.48. The van der Waals surface area contributed by atoms with Crippen LogP contribution in [0.5, 0.6) is 0 Å². The monoisotopic (exact) mass is 361 g/mol. The summed E-state index contributed by atoms with van der Waals surface area (Å²) in [6.07, 6.45) is 0.249. The van der Waals surface area contributed by atoms with Crippen LogP contribution in [0.15, 0.2) is 57.9 Å². The van der Waals surface area contributed by atoms with Gasteiger partial charge in [-0.25, -0.2) is 17.5 Å². The summed E-state index contributed by atoms with van der Waals surface area (Å²) in [5.41, 5.74) is 1.95. The zero-order chi connectivity index (χ0) is 17.9. The molecule has 1 heterocycles. The van der Waals surface area contributed by atoms with Crippen molar-refractivity contribution in [3.63, 3.8) is 0 Å². The molecule has 0 aliphatic heterocycles. The molecule has 3 rings (SSSR count). The molecular weight excluding hydrogens is 345 g/mol. The van der Waals surface area contributed by atoms with Crippen molar-refractivity contribution < 1.29 is 17.3 Å². The van der Waals surface area contributed by atoms with Crippen molar-refractivity contribution in [2.75, 3.05) is 6.54 Å². The number of halogens is 1. The molecule has 0 aliphatic rings. The summed E-state index contributed by atoms with van der Waals surface area (Å²) >= 11 is 0. The number of aryl methyl sites for hydroxylation is 1. The highest BCUT2D eigenvalue weighted by molar-refractivity contribution is 7.89. The van der Waals surface area contributed by atoms with Gasteiger partial charge in [0.05, 0.1) is 4.90 Å². The van der Waals surface area contributed by atoms with Gasteiger partial charge in [-0.3, -0.25) is 0 Å². The van der Waals surface area contributed by atoms with Gasteiger partial charge in [0.2, 0.25) is 21.7 Å². The van der Waals surface area contributed by atoms with Gasteiger partial charge in [-0.15, -0.1) is 0 Å². The maximum atomic E-state index is 12.9. The van der Waals surface area contributed by atoms with Crippen LogP contribution in [-0.2, 0) is 16.4 Å². The van der Waals surface area contributed by atoms with E-state index in [0.717, 1.165) is 23.3 Å². The van der Waals surface area contributed by atoms with Crippen molar-refractivity contribution in [1.29, 1.82) is 0 Å².